The molecule has 3 fully saturated rings. The van der Waals surface area contributed by atoms with Gasteiger partial charge in [-0.2, -0.15) is 15.3 Å². The van der Waals surface area contributed by atoms with Crippen molar-refractivity contribution < 1.29 is 27.6 Å². The van der Waals surface area contributed by atoms with E-state index in [1.165, 1.54) is 36.4 Å². The van der Waals surface area contributed by atoms with Crippen molar-refractivity contribution in [2.75, 3.05) is 34.3 Å². The number of rotatable bonds is 12. The molecule has 3 aliphatic rings. The minimum Gasteiger partial charge on any atom is -0.295 e. The van der Waals surface area contributed by atoms with Gasteiger partial charge in [0, 0.05) is 109 Å². The van der Waals surface area contributed by atoms with Crippen LogP contribution in [0.3, 0.4) is 0 Å². The van der Waals surface area contributed by atoms with Crippen molar-refractivity contribution in [2.24, 2.45) is 17.8 Å². The lowest BCUT2D eigenvalue weighted by atomic mass is 9.97. The van der Waals surface area contributed by atoms with Gasteiger partial charge in [-0.1, -0.05) is 53.1 Å². The van der Waals surface area contributed by atoms with E-state index in [-0.39, 0.29) is 52.5 Å². The third-order valence-electron chi connectivity index (χ3n) is 14.3. The van der Waals surface area contributed by atoms with E-state index in [4.69, 9.17) is 19.7 Å². The molecule has 0 aliphatic carbocycles. The second-order valence-corrected chi connectivity index (χ2v) is 19.4. The summed E-state index contributed by atoms with van der Waals surface area (Å²) < 4.78 is 40.4. The second kappa shape index (κ2) is 24.4. The quantitative estimate of drug-likeness (QED) is 0.0996. The van der Waals surface area contributed by atoms with Crippen LogP contribution in [0.2, 0.25) is 0 Å². The molecule has 402 valence electrons. The highest BCUT2D eigenvalue weighted by Gasteiger charge is 2.36. The van der Waals surface area contributed by atoms with Crippen LogP contribution in [0.1, 0.15) is 36.0 Å². The lowest BCUT2D eigenvalue weighted by Gasteiger charge is -2.13. The third kappa shape index (κ3) is 12.3. The van der Waals surface area contributed by atoms with Gasteiger partial charge < -0.3 is 0 Å². The summed E-state index contributed by atoms with van der Waals surface area (Å²) in [5.41, 5.74) is 7.67. The van der Waals surface area contributed by atoms with Gasteiger partial charge in [-0.05, 0) is 93.1 Å². The fourth-order valence-electron chi connectivity index (χ4n) is 10.0. The van der Waals surface area contributed by atoms with Crippen LogP contribution in [0.25, 0.3) is 48.3 Å². The predicted octanol–water partition coefficient (Wildman–Crippen LogP) is 11.3. The minimum absolute atomic E-state index is 0.00327. The Kier molecular flexibility index (Phi) is 16.2. The zero-order valence-electron chi connectivity index (χ0n) is 43.2. The van der Waals surface area contributed by atoms with Crippen LogP contribution in [0.5, 0.6) is 0 Å². The molecule has 6 aromatic heterocycles. The molecule has 0 radical (unpaired) electrons. The Bertz CT molecular complexity index is 3470. The molecule has 12 rings (SSSR count). The van der Waals surface area contributed by atoms with E-state index in [1.54, 1.807) is 70.1 Å². The number of aromatic amines is 3. The first-order chi connectivity index (χ1) is 39.5. The molecule has 3 N–H and O–H groups in total. The molecule has 81 heavy (non-hydrogen) atoms. The summed E-state index contributed by atoms with van der Waals surface area (Å²) in [5.74, 6) is -0.430. The Balaban J connectivity index is 0.000000136. The van der Waals surface area contributed by atoms with Crippen LogP contribution in [0.15, 0.2) is 146 Å². The van der Waals surface area contributed by atoms with Crippen molar-refractivity contribution >= 4 is 52.2 Å². The van der Waals surface area contributed by atoms with Gasteiger partial charge in [0.1, 0.15) is 17.5 Å². The first-order valence-corrected chi connectivity index (χ1v) is 25.8. The van der Waals surface area contributed by atoms with E-state index in [1.807, 2.05) is 54.6 Å². The van der Waals surface area contributed by atoms with E-state index in [9.17, 15) is 27.6 Å². The normalized spacial score (nSPS) is 16.5. The third-order valence-corrected chi connectivity index (χ3v) is 14.3. The number of anilines is 3. The summed E-state index contributed by atoms with van der Waals surface area (Å²) in [6, 6.07) is 30.1. The van der Waals surface area contributed by atoms with Crippen molar-refractivity contribution in [3.63, 3.8) is 0 Å². The van der Waals surface area contributed by atoms with Gasteiger partial charge in [-0.25, -0.2) is 27.7 Å². The maximum atomic E-state index is 13.5. The van der Waals surface area contributed by atoms with Crippen molar-refractivity contribution in [3.05, 3.63) is 215 Å². The molecular formula is C60H48F3N15O3. The number of pyridine rings is 3. The molecule has 3 aromatic carbocycles. The Morgan fingerprint density at radius 2 is 0.691 bits per heavy atom. The standard InChI is InChI=1S/3C20H16FN5O/c3*1-22-18-11-13(2-3-16(18)21)10-15-6-9-26(20(15)27)19-12-17(24-25-19)14-4-7-23-8-5-14/h3*2-5,7-8,11-12,15H,6,9-10H2,(H,24,25)/t2*15-;/m10./s1. The molecule has 3 aliphatic heterocycles. The van der Waals surface area contributed by atoms with E-state index >= 15 is 0 Å². The van der Waals surface area contributed by atoms with Gasteiger partial charge in [-0.15, -0.1) is 0 Å². The van der Waals surface area contributed by atoms with Crippen LogP contribution in [0, 0.1) is 54.9 Å². The van der Waals surface area contributed by atoms with Crippen LogP contribution >= 0.6 is 0 Å². The SMILES string of the molecule is [C-]#[N+]c1cc(CC2CCN(c3cc(-c4ccncc4)[nH]n3)C2=O)ccc1F.[C-]#[N+]c1cc(C[C@@H]2CCN(c3cc(-c4ccncc4)[nH]n3)C2=O)ccc1F.[C-]#[N+]c1cc(C[C@H]2CCN(c3cc(-c4ccncc4)[nH]n3)C2=O)ccc1F. The number of aromatic nitrogens is 9. The Morgan fingerprint density at radius 3 is 0.951 bits per heavy atom. The summed E-state index contributed by atoms with van der Waals surface area (Å²) >= 11 is 0. The number of benzene rings is 3. The number of halogens is 3. The number of carbonyl (C=O) groups excluding carboxylic acids is 3. The minimum atomic E-state index is -0.534. The first kappa shape index (κ1) is 53.8. The van der Waals surface area contributed by atoms with E-state index < -0.39 is 17.5 Å². The molecule has 1 unspecified atom stereocenters. The predicted molar refractivity (Wildman–Crippen MR) is 296 cm³/mol. The van der Waals surface area contributed by atoms with Gasteiger partial charge in [-0.3, -0.25) is 59.3 Å². The molecule has 21 heteroatoms. The lowest BCUT2D eigenvalue weighted by Crippen LogP contribution is -2.28. The first-order valence-electron chi connectivity index (χ1n) is 25.8. The zero-order valence-corrected chi connectivity index (χ0v) is 43.2. The monoisotopic (exact) mass is 1080 g/mol. The Labute approximate surface area is 462 Å². The number of nitrogens with one attached hydrogen (secondary N) is 3. The summed E-state index contributed by atoms with van der Waals surface area (Å²) in [6.07, 6.45) is 13.8. The van der Waals surface area contributed by atoms with E-state index in [0.29, 0.717) is 75.6 Å². The van der Waals surface area contributed by atoms with Gasteiger partial charge in [0.25, 0.3) is 0 Å². The van der Waals surface area contributed by atoms with Crippen molar-refractivity contribution in [1.82, 2.24) is 45.5 Å². The highest BCUT2D eigenvalue weighted by Crippen LogP contribution is 2.34. The smallest absolute Gasteiger partial charge is 0.231 e. The van der Waals surface area contributed by atoms with E-state index in [2.05, 4.69) is 60.1 Å². The van der Waals surface area contributed by atoms with E-state index in [0.717, 1.165) is 50.5 Å². The molecular weight excluding hydrogens is 1040 g/mol. The largest absolute Gasteiger partial charge is 0.295 e. The molecule has 18 nitrogen and oxygen atoms in total. The number of hydrogen-bond donors (Lipinski definition) is 3. The average Bonchev–Trinajstić information content (AvgIpc) is 4.44. The zero-order chi connectivity index (χ0) is 56.4. The fraction of sp³-hybridized carbons (Fsp3) is 0.200. The molecule has 9 heterocycles. The molecule has 0 spiro atoms. The maximum Gasteiger partial charge on any atom is 0.231 e. The topological polar surface area (TPSA) is 199 Å². The highest BCUT2D eigenvalue weighted by molar-refractivity contribution is 5.98. The number of hydrogen-bond acceptors (Lipinski definition) is 9. The highest BCUT2D eigenvalue weighted by atomic mass is 19.1. The van der Waals surface area contributed by atoms with Gasteiger partial charge in [0.05, 0.1) is 36.8 Å². The fourth-order valence-corrected chi connectivity index (χ4v) is 10.0. The number of amides is 3. The Morgan fingerprint density at radius 1 is 0.420 bits per heavy atom. The molecule has 3 atom stereocenters. The van der Waals surface area contributed by atoms with Crippen molar-refractivity contribution in [3.8, 4) is 33.8 Å². The number of H-pyrrole nitrogens is 3. The van der Waals surface area contributed by atoms with Crippen molar-refractivity contribution in [1.29, 1.82) is 0 Å². The summed E-state index contributed by atoms with van der Waals surface area (Å²) in [4.78, 5) is 65.0. The van der Waals surface area contributed by atoms with Crippen LogP contribution in [-0.2, 0) is 33.6 Å². The Hall–Kier alpha value is -10.6. The van der Waals surface area contributed by atoms with Gasteiger partial charge in [0.15, 0.2) is 17.5 Å². The molecule has 0 bridgehead atoms. The van der Waals surface area contributed by atoms with Crippen LogP contribution < -0.4 is 14.7 Å². The number of nitrogens with zero attached hydrogens (tertiary/aromatic N) is 12. The lowest BCUT2D eigenvalue weighted by molar-refractivity contribution is -0.121. The van der Waals surface area contributed by atoms with Gasteiger partial charge >= 0.3 is 0 Å². The molecule has 9 aromatic rings. The molecule has 0 saturated carbocycles. The van der Waals surface area contributed by atoms with Crippen molar-refractivity contribution in [2.45, 2.75) is 38.5 Å². The summed E-state index contributed by atoms with van der Waals surface area (Å²) in [7, 11) is 0. The van der Waals surface area contributed by atoms with Crippen LogP contribution in [-0.4, -0.2) is 82.9 Å². The second-order valence-electron chi connectivity index (χ2n) is 19.4. The molecule has 3 saturated heterocycles. The average molecular weight is 1080 g/mol. The summed E-state index contributed by atoms with van der Waals surface area (Å²) in [5, 5.41) is 21.7. The summed E-state index contributed by atoms with van der Waals surface area (Å²) in [6.45, 7) is 22.8. The molecule has 3 amide bonds. The maximum absolute atomic E-state index is 13.5. The van der Waals surface area contributed by atoms with Gasteiger partial charge in [0.2, 0.25) is 34.8 Å². The number of carbonyl (C=O) groups is 3. The van der Waals surface area contributed by atoms with Crippen LogP contribution in [0.4, 0.5) is 47.7 Å².